The third kappa shape index (κ3) is 1.44. The second-order valence-corrected chi connectivity index (χ2v) is 3.38. The Morgan fingerprint density at radius 3 is 2.77 bits per heavy atom. The van der Waals surface area contributed by atoms with Crippen LogP contribution in [0.3, 0.4) is 0 Å². The normalized spacial score (nSPS) is 20.7. The number of β-lactam (4-membered cyclic amide) rings is 1. The number of benzene rings is 1. The van der Waals surface area contributed by atoms with Gasteiger partial charge in [0.05, 0.1) is 12.5 Å². The van der Waals surface area contributed by atoms with Gasteiger partial charge in [-0.3, -0.25) is 4.79 Å². The smallest absolute Gasteiger partial charge is 0.222 e. The van der Waals surface area contributed by atoms with Gasteiger partial charge in [-0.2, -0.15) is 0 Å². The Labute approximate surface area is 78.0 Å². The van der Waals surface area contributed by atoms with E-state index in [9.17, 15) is 4.79 Å². The van der Waals surface area contributed by atoms with Gasteiger partial charge in [0.1, 0.15) is 0 Å². The molecule has 0 bridgehead atoms. The standard InChI is InChI=1S/C11H13NO/c1-2-8-5-3-4-6-9(8)10-7-11(13)12-10/h3-6,10H,2,7H2,1H3,(H,12,13). The van der Waals surface area contributed by atoms with Gasteiger partial charge in [0.25, 0.3) is 0 Å². The molecule has 1 aromatic carbocycles. The number of hydrogen-bond acceptors (Lipinski definition) is 1. The first-order valence-corrected chi connectivity index (χ1v) is 4.68. The highest BCUT2D eigenvalue weighted by atomic mass is 16.2. The van der Waals surface area contributed by atoms with E-state index in [1.54, 1.807) is 0 Å². The van der Waals surface area contributed by atoms with Crippen LogP contribution in [0.25, 0.3) is 0 Å². The Balaban J connectivity index is 2.24. The van der Waals surface area contributed by atoms with Crippen molar-refractivity contribution >= 4 is 5.91 Å². The Kier molecular flexibility index (Phi) is 2.05. The van der Waals surface area contributed by atoms with Gasteiger partial charge in [-0.05, 0) is 17.5 Å². The average molecular weight is 175 g/mol. The first-order valence-electron chi connectivity index (χ1n) is 4.68. The van der Waals surface area contributed by atoms with Crippen LogP contribution in [0, 0.1) is 0 Å². The zero-order chi connectivity index (χ0) is 9.26. The van der Waals surface area contributed by atoms with Crippen LogP contribution >= 0.6 is 0 Å². The Bertz CT molecular complexity index is 325. The summed E-state index contributed by atoms with van der Waals surface area (Å²) in [5, 5.41) is 2.89. The molecule has 1 aliphatic rings. The second kappa shape index (κ2) is 3.21. The molecule has 2 nitrogen and oxygen atoms in total. The van der Waals surface area contributed by atoms with Crippen LogP contribution in [0.15, 0.2) is 24.3 Å². The van der Waals surface area contributed by atoms with Gasteiger partial charge in [-0.1, -0.05) is 31.2 Å². The second-order valence-electron chi connectivity index (χ2n) is 3.38. The van der Waals surface area contributed by atoms with Gasteiger partial charge in [-0.15, -0.1) is 0 Å². The molecular weight excluding hydrogens is 162 g/mol. The number of carbonyl (C=O) groups is 1. The van der Waals surface area contributed by atoms with Crippen molar-refractivity contribution < 1.29 is 4.79 Å². The third-order valence-corrected chi connectivity index (χ3v) is 2.54. The molecule has 1 saturated heterocycles. The molecule has 68 valence electrons. The van der Waals surface area contributed by atoms with Gasteiger partial charge in [0, 0.05) is 0 Å². The van der Waals surface area contributed by atoms with Crippen LogP contribution in [0.1, 0.15) is 30.5 Å². The predicted octanol–water partition coefficient (Wildman–Crippen LogP) is 1.81. The predicted molar refractivity (Wildman–Crippen MR) is 51.3 cm³/mol. The number of nitrogens with one attached hydrogen (secondary N) is 1. The van der Waals surface area contributed by atoms with Gasteiger partial charge < -0.3 is 5.32 Å². The van der Waals surface area contributed by atoms with E-state index in [0.29, 0.717) is 6.42 Å². The van der Waals surface area contributed by atoms with E-state index in [2.05, 4.69) is 24.4 Å². The van der Waals surface area contributed by atoms with Crippen LogP contribution in [0.5, 0.6) is 0 Å². The molecule has 13 heavy (non-hydrogen) atoms. The summed E-state index contributed by atoms with van der Waals surface area (Å²) in [5.74, 6) is 0.163. The lowest BCUT2D eigenvalue weighted by atomic mass is 9.92. The minimum atomic E-state index is 0.163. The summed E-state index contributed by atoms with van der Waals surface area (Å²) in [5.41, 5.74) is 2.62. The minimum Gasteiger partial charge on any atom is -0.349 e. The van der Waals surface area contributed by atoms with E-state index in [1.165, 1.54) is 11.1 Å². The third-order valence-electron chi connectivity index (χ3n) is 2.54. The molecule has 1 atom stereocenters. The van der Waals surface area contributed by atoms with Crippen LogP contribution < -0.4 is 5.32 Å². The average Bonchev–Trinajstić information content (AvgIpc) is 2.13. The summed E-state index contributed by atoms with van der Waals surface area (Å²) in [7, 11) is 0. The zero-order valence-electron chi connectivity index (χ0n) is 7.71. The quantitative estimate of drug-likeness (QED) is 0.682. The van der Waals surface area contributed by atoms with Gasteiger partial charge in [-0.25, -0.2) is 0 Å². The van der Waals surface area contributed by atoms with Crippen molar-refractivity contribution in [2.24, 2.45) is 0 Å². The van der Waals surface area contributed by atoms with E-state index in [0.717, 1.165) is 6.42 Å². The molecule has 1 unspecified atom stereocenters. The maximum Gasteiger partial charge on any atom is 0.222 e. The first kappa shape index (κ1) is 8.30. The first-order chi connectivity index (χ1) is 6.31. The fraction of sp³-hybridized carbons (Fsp3) is 0.364. The van der Waals surface area contributed by atoms with E-state index in [1.807, 2.05) is 12.1 Å². The van der Waals surface area contributed by atoms with Crippen molar-refractivity contribution in [3.63, 3.8) is 0 Å². The summed E-state index contributed by atoms with van der Waals surface area (Å²) >= 11 is 0. The van der Waals surface area contributed by atoms with Gasteiger partial charge in [0.15, 0.2) is 0 Å². The minimum absolute atomic E-state index is 0.163. The van der Waals surface area contributed by atoms with E-state index in [-0.39, 0.29) is 11.9 Å². The lowest BCUT2D eigenvalue weighted by Gasteiger charge is -2.28. The highest BCUT2D eigenvalue weighted by molar-refractivity contribution is 5.83. The van der Waals surface area contributed by atoms with Crippen LogP contribution in [-0.2, 0) is 11.2 Å². The number of hydrogen-bond donors (Lipinski definition) is 1. The molecule has 1 aromatic rings. The maximum atomic E-state index is 10.8. The van der Waals surface area contributed by atoms with Crippen molar-refractivity contribution in [2.75, 3.05) is 0 Å². The summed E-state index contributed by atoms with van der Waals surface area (Å²) in [4.78, 5) is 10.8. The molecule has 1 amide bonds. The summed E-state index contributed by atoms with van der Waals surface area (Å²) in [6.07, 6.45) is 1.68. The number of amides is 1. The van der Waals surface area contributed by atoms with Crippen molar-refractivity contribution in [3.8, 4) is 0 Å². The van der Waals surface area contributed by atoms with Crippen molar-refractivity contribution in [1.29, 1.82) is 0 Å². The molecule has 2 rings (SSSR count). The molecule has 1 fully saturated rings. The highest BCUT2D eigenvalue weighted by Crippen LogP contribution is 2.26. The zero-order valence-corrected chi connectivity index (χ0v) is 7.71. The number of carbonyl (C=O) groups excluding carboxylic acids is 1. The van der Waals surface area contributed by atoms with Crippen molar-refractivity contribution in [3.05, 3.63) is 35.4 Å². The van der Waals surface area contributed by atoms with Gasteiger partial charge >= 0.3 is 0 Å². The van der Waals surface area contributed by atoms with E-state index in [4.69, 9.17) is 0 Å². The van der Waals surface area contributed by atoms with Crippen LogP contribution in [-0.4, -0.2) is 5.91 Å². The number of aryl methyl sites for hydroxylation is 1. The molecule has 0 aromatic heterocycles. The maximum absolute atomic E-state index is 10.8. The largest absolute Gasteiger partial charge is 0.349 e. The number of rotatable bonds is 2. The van der Waals surface area contributed by atoms with Gasteiger partial charge in [0.2, 0.25) is 5.91 Å². The summed E-state index contributed by atoms with van der Waals surface area (Å²) in [6, 6.07) is 8.56. The molecule has 1 heterocycles. The lowest BCUT2D eigenvalue weighted by Crippen LogP contribution is -2.41. The highest BCUT2D eigenvalue weighted by Gasteiger charge is 2.27. The molecule has 0 saturated carbocycles. The van der Waals surface area contributed by atoms with Crippen molar-refractivity contribution in [1.82, 2.24) is 5.32 Å². The Morgan fingerprint density at radius 1 is 1.46 bits per heavy atom. The molecule has 0 spiro atoms. The van der Waals surface area contributed by atoms with E-state index >= 15 is 0 Å². The summed E-state index contributed by atoms with van der Waals surface area (Å²) < 4.78 is 0. The van der Waals surface area contributed by atoms with Crippen molar-refractivity contribution in [2.45, 2.75) is 25.8 Å². The Hall–Kier alpha value is -1.31. The Morgan fingerprint density at radius 2 is 2.15 bits per heavy atom. The molecule has 0 aliphatic carbocycles. The van der Waals surface area contributed by atoms with E-state index < -0.39 is 0 Å². The fourth-order valence-electron chi connectivity index (χ4n) is 1.74. The van der Waals surface area contributed by atoms with Crippen LogP contribution in [0.4, 0.5) is 0 Å². The SMILES string of the molecule is CCc1ccccc1C1CC(=O)N1. The monoisotopic (exact) mass is 175 g/mol. The molecule has 1 aliphatic heterocycles. The topological polar surface area (TPSA) is 29.1 Å². The molecular formula is C11H13NO. The lowest BCUT2D eigenvalue weighted by molar-refractivity contribution is -0.128. The summed E-state index contributed by atoms with van der Waals surface area (Å²) in [6.45, 7) is 2.14. The molecule has 0 radical (unpaired) electrons. The van der Waals surface area contributed by atoms with Crippen LogP contribution in [0.2, 0.25) is 0 Å². The molecule has 2 heteroatoms. The fourth-order valence-corrected chi connectivity index (χ4v) is 1.74. The molecule has 1 N–H and O–H groups in total.